The zero-order chi connectivity index (χ0) is 9.23. The fraction of sp³-hybridized carbons (Fsp3) is 1.00. The van der Waals surface area contributed by atoms with Crippen molar-refractivity contribution >= 4 is 0 Å². The van der Waals surface area contributed by atoms with Gasteiger partial charge in [-0.15, -0.1) is 0 Å². The molecule has 0 rings (SSSR count). The van der Waals surface area contributed by atoms with E-state index in [-0.39, 0.29) is 0 Å². The van der Waals surface area contributed by atoms with Gasteiger partial charge in [0.2, 0.25) is 0 Å². The van der Waals surface area contributed by atoms with E-state index in [0.29, 0.717) is 0 Å². The molecule has 0 saturated heterocycles. The highest BCUT2D eigenvalue weighted by molar-refractivity contribution is 4.51. The average molecular weight is 172 g/mol. The molecule has 1 N–H and O–H groups in total. The first-order valence-electron chi connectivity index (χ1n) is 5.14. The Labute approximate surface area is 77.3 Å². The van der Waals surface area contributed by atoms with E-state index in [1.54, 1.807) is 0 Å². The van der Waals surface area contributed by atoms with Gasteiger partial charge in [0.05, 0.1) is 0 Å². The molecule has 2 heteroatoms. The van der Waals surface area contributed by atoms with Gasteiger partial charge in [0.25, 0.3) is 0 Å². The summed E-state index contributed by atoms with van der Waals surface area (Å²) in [5.41, 5.74) is 0. The largest absolute Gasteiger partial charge is 0.320 e. The molecule has 0 aromatic heterocycles. The molecule has 0 aromatic carbocycles. The minimum Gasteiger partial charge on any atom is -0.320 e. The van der Waals surface area contributed by atoms with Gasteiger partial charge in [-0.3, -0.25) is 0 Å². The van der Waals surface area contributed by atoms with Crippen LogP contribution in [0.25, 0.3) is 0 Å². The number of nitrogens with zero attached hydrogens (tertiary/aromatic N) is 1. The lowest BCUT2D eigenvalue weighted by Gasteiger charge is -2.14. The quantitative estimate of drug-likeness (QED) is 0.561. The van der Waals surface area contributed by atoms with E-state index < -0.39 is 0 Å². The summed E-state index contributed by atoms with van der Waals surface area (Å²) in [6.45, 7) is 5.90. The van der Waals surface area contributed by atoms with Gasteiger partial charge >= 0.3 is 0 Å². The summed E-state index contributed by atoms with van der Waals surface area (Å²) in [5, 5.41) is 3.17. The monoisotopic (exact) mass is 172 g/mol. The second-order valence-electron chi connectivity index (χ2n) is 3.47. The Bertz CT molecular complexity index is 83.9. The van der Waals surface area contributed by atoms with Crippen molar-refractivity contribution in [3.63, 3.8) is 0 Å². The van der Waals surface area contributed by atoms with Gasteiger partial charge < -0.3 is 10.2 Å². The molecule has 0 aliphatic rings. The Kier molecular flexibility index (Phi) is 8.95. The molecule has 0 radical (unpaired) electrons. The van der Waals surface area contributed by atoms with Crippen LogP contribution in [0.15, 0.2) is 0 Å². The van der Waals surface area contributed by atoms with Crippen molar-refractivity contribution in [3.8, 4) is 0 Å². The van der Waals surface area contributed by atoms with Gasteiger partial charge in [0.15, 0.2) is 0 Å². The molecule has 0 atom stereocenters. The molecule has 0 saturated carbocycles. The minimum atomic E-state index is 1.16. The third-order valence-electron chi connectivity index (χ3n) is 2.07. The van der Waals surface area contributed by atoms with Crippen LogP contribution in [0.4, 0.5) is 0 Å². The van der Waals surface area contributed by atoms with Crippen molar-refractivity contribution in [2.75, 3.05) is 33.7 Å². The summed E-state index contributed by atoms with van der Waals surface area (Å²) < 4.78 is 0. The zero-order valence-corrected chi connectivity index (χ0v) is 8.90. The molecule has 0 unspecified atom stereocenters. The second-order valence-corrected chi connectivity index (χ2v) is 3.47. The smallest absolute Gasteiger partial charge is 0.00218 e. The van der Waals surface area contributed by atoms with Gasteiger partial charge in [0, 0.05) is 0 Å². The summed E-state index contributed by atoms with van der Waals surface area (Å²) in [5.74, 6) is 0. The van der Waals surface area contributed by atoms with Gasteiger partial charge in [-0.25, -0.2) is 0 Å². The number of hydrogen-bond donors (Lipinski definition) is 1. The van der Waals surface area contributed by atoms with E-state index >= 15 is 0 Å². The normalized spacial score (nSPS) is 11.0. The van der Waals surface area contributed by atoms with Crippen LogP contribution in [0.2, 0.25) is 0 Å². The van der Waals surface area contributed by atoms with Gasteiger partial charge in [-0.1, -0.05) is 13.3 Å². The average Bonchev–Trinajstić information content (AvgIpc) is 2.05. The molecule has 2 nitrogen and oxygen atoms in total. The molecule has 0 spiro atoms. The molecular weight excluding hydrogens is 148 g/mol. The van der Waals surface area contributed by atoms with E-state index in [9.17, 15) is 0 Å². The number of hydrogen-bond acceptors (Lipinski definition) is 2. The first-order chi connectivity index (χ1) is 5.81. The summed E-state index contributed by atoms with van der Waals surface area (Å²) in [4.78, 5) is 2.42. The van der Waals surface area contributed by atoms with Crippen molar-refractivity contribution in [2.24, 2.45) is 0 Å². The van der Waals surface area contributed by atoms with Crippen LogP contribution in [0, 0.1) is 0 Å². The molecule has 0 amide bonds. The summed E-state index contributed by atoms with van der Waals surface area (Å²) in [6, 6.07) is 0. The Balaban J connectivity index is 2.97. The Morgan fingerprint density at radius 3 is 2.42 bits per heavy atom. The Morgan fingerprint density at radius 1 is 1.08 bits per heavy atom. The highest BCUT2D eigenvalue weighted by Gasteiger charge is 1.95. The topological polar surface area (TPSA) is 15.3 Å². The van der Waals surface area contributed by atoms with Crippen LogP contribution in [-0.2, 0) is 0 Å². The summed E-state index contributed by atoms with van der Waals surface area (Å²) in [7, 11) is 4.23. The van der Waals surface area contributed by atoms with Gasteiger partial charge in [-0.2, -0.15) is 0 Å². The number of unbranched alkanes of at least 4 members (excludes halogenated alkanes) is 2. The minimum absolute atomic E-state index is 1.16. The third-order valence-corrected chi connectivity index (χ3v) is 2.07. The lowest BCUT2D eigenvalue weighted by atomic mass is 10.2. The van der Waals surface area contributed by atoms with Crippen molar-refractivity contribution in [1.82, 2.24) is 10.2 Å². The summed E-state index contributed by atoms with van der Waals surface area (Å²) in [6.07, 6.45) is 5.29. The molecule has 0 aromatic rings. The highest BCUT2D eigenvalue weighted by atomic mass is 15.1. The van der Waals surface area contributed by atoms with E-state index in [2.05, 4.69) is 24.2 Å². The molecule has 0 aliphatic carbocycles. The first-order valence-corrected chi connectivity index (χ1v) is 5.14. The van der Waals surface area contributed by atoms with E-state index in [4.69, 9.17) is 0 Å². The predicted molar refractivity (Wildman–Crippen MR) is 55.6 cm³/mol. The fourth-order valence-corrected chi connectivity index (χ4v) is 1.35. The summed E-state index contributed by atoms with van der Waals surface area (Å²) >= 11 is 0. The van der Waals surface area contributed by atoms with E-state index in [0.717, 1.165) is 6.54 Å². The molecule has 12 heavy (non-hydrogen) atoms. The maximum atomic E-state index is 3.17. The molecule has 0 bridgehead atoms. The first kappa shape index (κ1) is 11.9. The molecule has 74 valence electrons. The zero-order valence-electron chi connectivity index (χ0n) is 8.90. The van der Waals surface area contributed by atoms with Crippen molar-refractivity contribution in [1.29, 1.82) is 0 Å². The fourth-order valence-electron chi connectivity index (χ4n) is 1.35. The molecule has 0 aliphatic heterocycles. The SMILES string of the molecule is CCCN(C)CCCCCNC. The maximum absolute atomic E-state index is 3.17. The molecule has 0 heterocycles. The Morgan fingerprint density at radius 2 is 1.83 bits per heavy atom. The van der Waals surface area contributed by atoms with Crippen LogP contribution in [0.5, 0.6) is 0 Å². The number of nitrogens with one attached hydrogen (secondary N) is 1. The molecule has 0 fully saturated rings. The van der Waals surface area contributed by atoms with Crippen molar-refractivity contribution < 1.29 is 0 Å². The predicted octanol–water partition coefficient (Wildman–Crippen LogP) is 1.72. The van der Waals surface area contributed by atoms with E-state index in [1.165, 1.54) is 38.8 Å². The van der Waals surface area contributed by atoms with Gasteiger partial charge in [-0.05, 0) is 53.0 Å². The van der Waals surface area contributed by atoms with E-state index in [1.807, 2.05) is 7.05 Å². The van der Waals surface area contributed by atoms with Crippen LogP contribution in [0.1, 0.15) is 32.6 Å². The number of rotatable bonds is 8. The third kappa shape index (κ3) is 8.02. The van der Waals surface area contributed by atoms with Crippen molar-refractivity contribution in [3.05, 3.63) is 0 Å². The van der Waals surface area contributed by atoms with Crippen molar-refractivity contribution in [2.45, 2.75) is 32.6 Å². The van der Waals surface area contributed by atoms with Crippen LogP contribution < -0.4 is 5.32 Å². The Hall–Kier alpha value is -0.0800. The van der Waals surface area contributed by atoms with Gasteiger partial charge in [0.1, 0.15) is 0 Å². The molecular formula is C10H24N2. The van der Waals surface area contributed by atoms with Crippen LogP contribution in [0.3, 0.4) is 0 Å². The van der Waals surface area contributed by atoms with Crippen LogP contribution >= 0.6 is 0 Å². The maximum Gasteiger partial charge on any atom is -0.00218 e. The lowest BCUT2D eigenvalue weighted by molar-refractivity contribution is 0.325. The second kappa shape index (κ2) is 9.01. The highest BCUT2D eigenvalue weighted by Crippen LogP contribution is 1.96. The lowest BCUT2D eigenvalue weighted by Crippen LogP contribution is -2.20. The van der Waals surface area contributed by atoms with Crippen LogP contribution in [-0.4, -0.2) is 38.6 Å². The standard InChI is InChI=1S/C10H24N2/c1-4-9-12(3)10-7-5-6-8-11-2/h11H,4-10H2,1-3H3.